The van der Waals surface area contributed by atoms with Crippen molar-refractivity contribution >= 4 is 52.1 Å². The van der Waals surface area contributed by atoms with E-state index < -0.39 is 52.1 Å². The van der Waals surface area contributed by atoms with Crippen LogP contribution in [0, 0.1) is 5.92 Å². The van der Waals surface area contributed by atoms with Crippen molar-refractivity contribution in [2.24, 2.45) is 5.92 Å². The Morgan fingerprint density at radius 2 is 0.889 bits per heavy atom. The Bertz CT molecular complexity index is 463. The van der Waals surface area contributed by atoms with Crippen LogP contribution in [0.4, 0.5) is 0 Å². The quantitative estimate of drug-likeness (QED) is 0.516. The lowest BCUT2D eigenvalue weighted by molar-refractivity contribution is 0.244. The lowest BCUT2D eigenvalue weighted by atomic mass is 10.2. The summed E-state index contributed by atoms with van der Waals surface area (Å²) in [5.74, 6) is 0.552. The van der Waals surface area contributed by atoms with E-state index in [1.54, 1.807) is 0 Å². The molecule has 0 bridgehead atoms. The molecule has 0 aliphatic carbocycles. The average molecular weight is 486 g/mol. The summed E-state index contributed by atoms with van der Waals surface area (Å²) >= 11 is 0. The molecular formula is C15H41O6Si6. The third-order valence-corrected chi connectivity index (χ3v) is 26.4. The fraction of sp³-hybridized carbons (Fsp3) is 1.00. The molecule has 1 heterocycles. The summed E-state index contributed by atoms with van der Waals surface area (Å²) in [4.78, 5) is 0. The lowest BCUT2D eigenvalue weighted by Gasteiger charge is -2.44. The first-order chi connectivity index (χ1) is 11.9. The Hall–Kier alpha value is 1.06. The predicted octanol–water partition coefficient (Wildman–Crippen LogP) is 5.14. The summed E-state index contributed by atoms with van der Waals surface area (Å²) in [6.07, 6.45) is 1.11. The second-order valence-electron chi connectivity index (χ2n) is 9.70. The molecule has 0 aromatic heterocycles. The molecule has 6 nitrogen and oxygen atoms in total. The van der Waals surface area contributed by atoms with Crippen molar-refractivity contribution in [3.8, 4) is 0 Å². The molecule has 0 spiro atoms. The first kappa shape index (κ1) is 26.1. The van der Waals surface area contributed by atoms with Gasteiger partial charge in [0.1, 0.15) is 0 Å². The van der Waals surface area contributed by atoms with Crippen LogP contribution in [0.2, 0.25) is 71.5 Å². The molecule has 1 aliphatic heterocycles. The monoisotopic (exact) mass is 485 g/mol. The Kier molecular flexibility index (Phi) is 8.75. The Labute approximate surface area is 174 Å². The molecule has 0 aromatic carbocycles. The van der Waals surface area contributed by atoms with Gasteiger partial charge in [-0.25, -0.2) is 0 Å². The first-order valence-corrected chi connectivity index (χ1v) is 25.5. The normalized spacial score (nSPS) is 29.3. The molecular weight excluding hydrogens is 445 g/mol. The van der Waals surface area contributed by atoms with Gasteiger partial charge in [-0.1, -0.05) is 20.3 Å². The zero-order valence-corrected chi connectivity index (χ0v) is 25.4. The van der Waals surface area contributed by atoms with Crippen LogP contribution in [0.1, 0.15) is 20.3 Å². The molecule has 0 aromatic rings. The van der Waals surface area contributed by atoms with Gasteiger partial charge in [-0.2, -0.15) is 0 Å². The smallest absolute Gasteiger partial charge is 0.365 e. The van der Waals surface area contributed by atoms with Gasteiger partial charge < -0.3 is 24.7 Å². The van der Waals surface area contributed by atoms with E-state index in [1.807, 2.05) is 0 Å². The molecule has 0 N–H and O–H groups in total. The summed E-state index contributed by atoms with van der Waals surface area (Å²) < 4.78 is 39.3. The Morgan fingerprint density at radius 3 is 1.19 bits per heavy atom. The molecule has 27 heavy (non-hydrogen) atoms. The van der Waals surface area contributed by atoms with Crippen LogP contribution < -0.4 is 0 Å². The van der Waals surface area contributed by atoms with Crippen LogP contribution in [-0.2, 0) is 24.7 Å². The molecule has 1 aliphatic rings. The van der Waals surface area contributed by atoms with E-state index >= 15 is 0 Å². The van der Waals surface area contributed by atoms with Crippen LogP contribution >= 0.6 is 0 Å². The van der Waals surface area contributed by atoms with Gasteiger partial charge in [-0.15, -0.1) is 0 Å². The van der Waals surface area contributed by atoms with Crippen molar-refractivity contribution in [3.05, 3.63) is 0 Å². The minimum absolute atomic E-state index is 0.552. The van der Waals surface area contributed by atoms with Crippen molar-refractivity contribution in [1.82, 2.24) is 0 Å². The summed E-state index contributed by atoms with van der Waals surface area (Å²) in [6.45, 7) is 25.4. The van der Waals surface area contributed by atoms with Crippen LogP contribution in [0.15, 0.2) is 0 Å². The molecule has 1 saturated heterocycles. The maximum atomic E-state index is 6.59. The highest BCUT2D eigenvalue weighted by Crippen LogP contribution is 2.30. The van der Waals surface area contributed by atoms with E-state index in [1.165, 1.54) is 0 Å². The van der Waals surface area contributed by atoms with E-state index in [0.29, 0.717) is 5.92 Å². The van der Waals surface area contributed by atoms with Crippen molar-refractivity contribution in [1.29, 1.82) is 0 Å². The first-order valence-electron chi connectivity index (χ1n) is 9.90. The molecule has 12 heteroatoms. The van der Waals surface area contributed by atoms with E-state index in [-0.39, 0.29) is 0 Å². The summed E-state index contributed by atoms with van der Waals surface area (Å²) in [5.41, 5.74) is 0. The lowest BCUT2D eigenvalue weighted by Crippen LogP contribution is -2.62. The van der Waals surface area contributed by atoms with Gasteiger partial charge in [0.25, 0.3) is 0 Å². The topological polar surface area (TPSA) is 55.4 Å². The third-order valence-electron chi connectivity index (χ3n) is 3.90. The van der Waals surface area contributed by atoms with Gasteiger partial charge in [0.05, 0.1) is 0 Å². The van der Waals surface area contributed by atoms with E-state index in [0.717, 1.165) is 12.5 Å². The Balaban J connectivity index is 3.22. The maximum Gasteiger partial charge on any atom is 0.365 e. The third kappa shape index (κ3) is 10.1. The minimum Gasteiger partial charge on any atom is -0.416 e. The van der Waals surface area contributed by atoms with Gasteiger partial charge in [0.2, 0.25) is 0 Å². The zero-order valence-electron chi connectivity index (χ0n) is 19.4. The highest BCUT2D eigenvalue weighted by Gasteiger charge is 2.49. The second kappa shape index (κ2) is 9.05. The van der Waals surface area contributed by atoms with Gasteiger partial charge in [-0.3, -0.25) is 0 Å². The standard InChI is InChI=1S/C15H41O6Si6/c1-13-15(2)14-22-16-23(3,4)18-25(7,8)20-27(11,12)21-26(9,10)19-24(5,6)17-22/h15H,13-14H2,1-12H3. The molecule has 1 unspecified atom stereocenters. The van der Waals surface area contributed by atoms with Crippen LogP contribution in [0.25, 0.3) is 0 Å². The largest absolute Gasteiger partial charge is 0.416 e. The highest BCUT2D eigenvalue weighted by molar-refractivity contribution is 6.91. The number of rotatable bonds is 3. The summed E-state index contributed by atoms with van der Waals surface area (Å²) in [5, 5.41) is 0. The van der Waals surface area contributed by atoms with Crippen molar-refractivity contribution in [2.75, 3.05) is 0 Å². The van der Waals surface area contributed by atoms with E-state index in [2.05, 4.69) is 79.3 Å². The molecule has 1 radical (unpaired) electrons. The van der Waals surface area contributed by atoms with Crippen LogP contribution in [-0.4, -0.2) is 52.1 Å². The van der Waals surface area contributed by atoms with Crippen molar-refractivity contribution in [2.45, 2.75) is 91.8 Å². The van der Waals surface area contributed by atoms with Gasteiger partial charge in [0, 0.05) is 0 Å². The molecule has 1 atom stereocenters. The van der Waals surface area contributed by atoms with Gasteiger partial charge >= 0.3 is 52.1 Å². The van der Waals surface area contributed by atoms with Crippen LogP contribution in [0.5, 0.6) is 0 Å². The number of hydrogen-bond acceptors (Lipinski definition) is 6. The SMILES string of the molecule is CCC(C)C[Si]1O[Si](C)(C)O[Si](C)(C)O[Si](C)(C)O[Si](C)(C)O[Si](C)(C)O1. The molecule has 1 fully saturated rings. The predicted molar refractivity (Wildman–Crippen MR) is 124 cm³/mol. The van der Waals surface area contributed by atoms with Crippen molar-refractivity contribution < 1.29 is 24.7 Å². The molecule has 161 valence electrons. The fourth-order valence-electron chi connectivity index (χ4n) is 3.55. The summed E-state index contributed by atoms with van der Waals surface area (Å²) in [6, 6.07) is 0.937. The summed E-state index contributed by atoms with van der Waals surface area (Å²) in [7, 11) is -13.5. The van der Waals surface area contributed by atoms with Crippen molar-refractivity contribution in [3.63, 3.8) is 0 Å². The minimum atomic E-state index is -2.40. The van der Waals surface area contributed by atoms with E-state index in [9.17, 15) is 0 Å². The molecule has 0 amide bonds. The highest BCUT2D eigenvalue weighted by atomic mass is 28.5. The maximum absolute atomic E-state index is 6.59. The van der Waals surface area contributed by atoms with Gasteiger partial charge in [0.15, 0.2) is 0 Å². The Morgan fingerprint density at radius 1 is 0.593 bits per heavy atom. The fourth-order valence-corrected chi connectivity index (χ4v) is 31.7. The van der Waals surface area contributed by atoms with Crippen LogP contribution in [0.3, 0.4) is 0 Å². The van der Waals surface area contributed by atoms with E-state index in [4.69, 9.17) is 24.7 Å². The second-order valence-corrected chi connectivity index (χ2v) is 29.8. The molecule has 0 saturated carbocycles. The average Bonchev–Trinajstić information content (AvgIpc) is 2.28. The zero-order chi connectivity index (χ0) is 21.3. The number of hydrogen-bond donors (Lipinski definition) is 0. The van der Waals surface area contributed by atoms with Gasteiger partial charge in [-0.05, 0) is 77.4 Å². The molecule has 1 rings (SSSR count).